The van der Waals surface area contributed by atoms with Crippen molar-refractivity contribution in [3.63, 3.8) is 0 Å². The maximum atomic E-state index is 15.2. The Bertz CT molecular complexity index is 2200. The van der Waals surface area contributed by atoms with Crippen molar-refractivity contribution in [1.29, 1.82) is 0 Å². The second-order valence-electron chi connectivity index (χ2n) is 10.7. The number of benzene rings is 4. The van der Waals surface area contributed by atoms with Crippen LogP contribution in [0.3, 0.4) is 0 Å². The van der Waals surface area contributed by atoms with Gasteiger partial charge in [0.2, 0.25) is 5.41 Å². The molecule has 296 valence electrons. The zero-order valence-corrected chi connectivity index (χ0v) is 29.4. The SMILES string of the molecule is O=C(c1cc(SOOO)cc(S(=O)(=O)O)c1)c1cc(C(c2ccc(O)c(C(=O)c3cc(SOOO)cc(S(=O)(=O)O)c3)c2)(C(F)(F)F)C(F)(F)F)ccc1O. The third kappa shape index (κ3) is 9.06. The molecule has 4 aromatic rings. The van der Waals surface area contributed by atoms with Gasteiger partial charge in [-0.3, -0.25) is 18.7 Å². The first-order valence-corrected chi connectivity index (χ1v) is 18.2. The van der Waals surface area contributed by atoms with Crippen LogP contribution < -0.4 is 0 Å². The van der Waals surface area contributed by atoms with Crippen LogP contribution in [0.4, 0.5) is 26.3 Å². The molecule has 0 aromatic heterocycles. The number of rotatable bonds is 14. The van der Waals surface area contributed by atoms with Gasteiger partial charge in [-0.15, -0.1) is 8.67 Å². The van der Waals surface area contributed by atoms with Crippen LogP contribution in [0.1, 0.15) is 43.0 Å². The largest absolute Gasteiger partial charge is 0.507 e. The number of ketones is 2. The summed E-state index contributed by atoms with van der Waals surface area (Å²) in [5, 5.41) is 44.5. The van der Waals surface area contributed by atoms with E-state index in [1.54, 1.807) is 0 Å². The van der Waals surface area contributed by atoms with Gasteiger partial charge >= 0.3 is 12.4 Å². The lowest BCUT2D eigenvalue weighted by molar-refractivity contribution is -0.432. The third-order valence-corrected chi connectivity index (χ3v) is 10.2. The maximum Gasteiger partial charge on any atom is 0.411 e. The number of carbonyl (C=O) groups is 2. The molecule has 0 aliphatic rings. The number of phenolic OH excluding ortho intramolecular Hbond substituents is 2. The maximum absolute atomic E-state index is 15.2. The van der Waals surface area contributed by atoms with Crippen LogP contribution in [0, 0.1) is 0 Å². The molecule has 4 aromatic carbocycles. The Labute approximate surface area is 311 Å². The molecule has 0 spiro atoms. The second kappa shape index (κ2) is 16.0. The zero-order chi connectivity index (χ0) is 41.3. The first kappa shape index (κ1) is 43.4. The van der Waals surface area contributed by atoms with E-state index in [1.165, 1.54) is 0 Å². The zero-order valence-electron chi connectivity index (χ0n) is 26.1. The standard InChI is InChI=1S/C29H18F6O16S4/c30-28(31,32)27(29(33,34)35,15-1-3-23(36)21(9-15)25(38)13-5-17(52-50-48-40)11-19(7-13)54(42,43)44)16-2-4-24(37)22(10-16)26(39)14-6-18(53-51-49-41)12-20(8-14)55(45,46)47/h1-12,36-37,40-41H,(H,42,43,44)(H,45,46,47). The highest BCUT2D eigenvalue weighted by Crippen LogP contribution is 2.57. The molecule has 16 nitrogen and oxygen atoms in total. The molecule has 6 N–H and O–H groups in total. The molecule has 0 heterocycles. The van der Waals surface area contributed by atoms with Gasteiger partial charge in [-0.1, -0.05) is 22.2 Å². The van der Waals surface area contributed by atoms with Gasteiger partial charge in [0, 0.05) is 20.9 Å². The number of carbonyl (C=O) groups excluding carboxylic acids is 2. The van der Waals surface area contributed by atoms with Crippen molar-refractivity contribution < 1.29 is 101 Å². The minimum absolute atomic E-state index is 0.0290. The van der Waals surface area contributed by atoms with Crippen LogP contribution in [0.25, 0.3) is 0 Å². The van der Waals surface area contributed by atoms with E-state index in [4.69, 9.17) is 10.5 Å². The van der Waals surface area contributed by atoms with Crippen LogP contribution in [0.2, 0.25) is 0 Å². The highest BCUT2D eigenvalue weighted by molar-refractivity contribution is 7.94. The van der Waals surface area contributed by atoms with Crippen LogP contribution in [-0.2, 0) is 44.4 Å². The van der Waals surface area contributed by atoms with Crippen molar-refractivity contribution in [2.75, 3.05) is 0 Å². The quantitative estimate of drug-likeness (QED) is 0.0202. The molecule has 0 aliphatic carbocycles. The third-order valence-electron chi connectivity index (χ3n) is 7.40. The van der Waals surface area contributed by atoms with Gasteiger partial charge in [-0.2, -0.15) is 43.2 Å². The van der Waals surface area contributed by atoms with Crippen molar-refractivity contribution in [2.45, 2.75) is 37.3 Å². The smallest absolute Gasteiger partial charge is 0.411 e. The molecule has 0 saturated heterocycles. The van der Waals surface area contributed by atoms with Crippen LogP contribution >= 0.6 is 24.1 Å². The van der Waals surface area contributed by atoms with E-state index in [-0.39, 0.29) is 60.5 Å². The molecular weight excluding hydrogens is 847 g/mol. The Morgan fingerprint density at radius 1 is 0.564 bits per heavy atom. The molecule has 26 heteroatoms. The fraction of sp³-hybridized carbons (Fsp3) is 0.103. The fourth-order valence-electron chi connectivity index (χ4n) is 5.10. The van der Waals surface area contributed by atoms with Gasteiger partial charge in [-0.05, 0) is 71.8 Å². The Kier molecular flexibility index (Phi) is 12.7. The van der Waals surface area contributed by atoms with Gasteiger partial charge in [0.05, 0.1) is 45.0 Å². The molecule has 0 saturated carbocycles. The van der Waals surface area contributed by atoms with Crippen molar-refractivity contribution in [3.05, 3.63) is 106 Å². The number of phenols is 2. The summed E-state index contributed by atoms with van der Waals surface area (Å²) in [5.41, 5.74) is -13.1. The van der Waals surface area contributed by atoms with Crippen LogP contribution in [0.15, 0.2) is 92.4 Å². The normalized spacial score (nSPS) is 12.8. The van der Waals surface area contributed by atoms with Gasteiger partial charge in [-0.25, -0.2) is 10.5 Å². The predicted octanol–water partition coefficient (Wildman–Crippen LogP) is 6.32. The Balaban J connectivity index is 1.99. The molecule has 0 atom stereocenters. The summed E-state index contributed by atoms with van der Waals surface area (Å²) in [7, 11) is -10.3. The summed E-state index contributed by atoms with van der Waals surface area (Å²) < 4.78 is 166. The van der Waals surface area contributed by atoms with E-state index in [1.807, 2.05) is 0 Å². The van der Waals surface area contributed by atoms with Crippen molar-refractivity contribution in [3.8, 4) is 11.5 Å². The minimum atomic E-state index is -6.42. The lowest BCUT2D eigenvalue weighted by atomic mass is 9.71. The Hall–Kier alpha value is -4.32. The lowest BCUT2D eigenvalue weighted by Crippen LogP contribution is -2.54. The van der Waals surface area contributed by atoms with E-state index in [9.17, 15) is 45.7 Å². The highest BCUT2D eigenvalue weighted by atomic mass is 32.2. The van der Waals surface area contributed by atoms with Gasteiger partial charge in [0.15, 0.2) is 11.6 Å². The average Bonchev–Trinajstić information content (AvgIpc) is 3.08. The molecule has 0 bridgehead atoms. The number of aromatic hydroxyl groups is 2. The molecule has 0 fully saturated rings. The summed E-state index contributed by atoms with van der Waals surface area (Å²) in [4.78, 5) is 24.1. The topological polar surface area (TPSA) is 261 Å². The van der Waals surface area contributed by atoms with Crippen molar-refractivity contribution in [2.24, 2.45) is 0 Å². The van der Waals surface area contributed by atoms with Crippen molar-refractivity contribution >= 4 is 55.9 Å². The number of hydrogen-bond acceptors (Lipinski definition) is 16. The van der Waals surface area contributed by atoms with E-state index >= 15 is 26.3 Å². The number of hydrogen-bond donors (Lipinski definition) is 6. The molecule has 0 aliphatic heterocycles. The van der Waals surface area contributed by atoms with Gasteiger partial charge in [0.25, 0.3) is 20.2 Å². The van der Waals surface area contributed by atoms with E-state index < -0.39 is 114 Å². The summed E-state index contributed by atoms with van der Waals surface area (Å²) in [6, 6.07) is 4.39. The Morgan fingerprint density at radius 3 is 1.20 bits per heavy atom. The van der Waals surface area contributed by atoms with Crippen LogP contribution in [0.5, 0.6) is 11.5 Å². The molecule has 55 heavy (non-hydrogen) atoms. The molecule has 4 rings (SSSR count). The molecule has 0 amide bonds. The highest BCUT2D eigenvalue weighted by Gasteiger charge is 2.72. The fourth-order valence-corrected chi connectivity index (χ4v) is 7.28. The summed E-state index contributed by atoms with van der Waals surface area (Å²) in [5.74, 6) is -5.67. The lowest BCUT2D eigenvalue weighted by Gasteiger charge is -2.38. The Morgan fingerprint density at radius 2 is 0.909 bits per heavy atom. The first-order valence-electron chi connectivity index (χ1n) is 13.8. The predicted molar refractivity (Wildman–Crippen MR) is 170 cm³/mol. The number of halogens is 6. The summed E-state index contributed by atoms with van der Waals surface area (Å²) in [6.07, 6.45) is -12.8. The van der Waals surface area contributed by atoms with Gasteiger partial charge in [0.1, 0.15) is 11.5 Å². The minimum Gasteiger partial charge on any atom is -0.507 e. The first-order chi connectivity index (χ1) is 25.4. The summed E-state index contributed by atoms with van der Waals surface area (Å²) in [6.45, 7) is 0. The molecular formula is C29H18F6O16S4. The monoisotopic (exact) mass is 864 g/mol. The molecule has 0 radical (unpaired) electrons. The van der Waals surface area contributed by atoms with Gasteiger partial charge < -0.3 is 10.2 Å². The van der Waals surface area contributed by atoms with Crippen molar-refractivity contribution in [1.82, 2.24) is 0 Å². The molecule has 0 unspecified atom stereocenters. The van der Waals surface area contributed by atoms with E-state index in [2.05, 4.69) is 18.7 Å². The van der Waals surface area contributed by atoms with Crippen LogP contribution in [-0.4, -0.2) is 70.6 Å². The average molecular weight is 865 g/mol. The summed E-state index contributed by atoms with van der Waals surface area (Å²) >= 11 is 0.0581. The van der Waals surface area contributed by atoms with E-state index in [0.717, 1.165) is 12.1 Å². The number of alkyl halides is 6. The van der Waals surface area contributed by atoms with E-state index in [0.29, 0.717) is 24.3 Å². The second-order valence-corrected chi connectivity index (χ2v) is 15.0.